The van der Waals surface area contributed by atoms with Crippen molar-refractivity contribution in [1.82, 2.24) is 9.88 Å². The summed E-state index contributed by atoms with van der Waals surface area (Å²) in [6.07, 6.45) is 2.15. The lowest BCUT2D eigenvalue weighted by Gasteiger charge is -2.43. The molecule has 3 N–H and O–H groups in total. The molecule has 1 saturated heterocycles. The summed E-state index contributed by atoms with van der Waals surface area (Å²) in [7, 11) is 0. The number of aryl methyl sites for hydroxylation is 3. The van der Waals surface area contributed by atoms with Crippen molar-refractivity contribution in [3.8, 4) is 0 Å². The van der Waals surface area contributed by atoms with Crippen LogP contribution in [0.2, 0.25) is 0 Å². The van der Waals surface area contributed by atoms with E-state index >= 15 is 0 Å². The molecular weight excluding hydrogens is 368 g/mol. The minimum atomic E-state index is -1.24. The maximum absolute atomic E-state index is 13.2. The number of carboxylic acids is 1. The number of likely N-dealkylation sites (tertiary alicyclic amines) is 1. The van der Waals surface area contributed by atoms with Crippen molar-refractivity contribution >= 4 is 22.8 Å². The van der Waals surface area contributed by atoms with Crippen LogP contribution in [0.1, 0.15) is 48.1 Å². The third-order valence-corrected chi connectivity index (χ3v) is 6.93. The van der Waals surface area contributed by atoms with E-state index < -0.39 is 17.5 Å². The molecule has 156 valence electrons. The van der Waals surface area contributed by atoms with Gasteiger partial charge in [0.1, 0.15) is 5.41 Å². The molecule has 1 aliphatic heterocycles. The van der Waals surface area contributed by atoms with Crippen LogP contribution in [0, 0.1) is 32.1 Å². The van der Waals surface area contributed by atoms with E-state index in [1.54, 1.807) is 4.90 Å². The highest BCUT2D eigenvalue weighted by Gasteiger charge is 2.52. The average molecular weight is 399 g/mol. The zero-order valence-corrected chi connectivity index (χ0v) is 17.4. The van der Waals surface area contributed by atoms with Gasteiger partial charge in [-0.2, -0.15) is 0 Å². The Morgan fingerprint density at radius 1 is 1.17 bits per heavy atom. The SMILES string of the molecule is Cc1[nH]c2c(C)ccc(C)c2c1CC(=O)N1CC[C@@H](O)[C@](CC2CC2)(C(=O)O)C1. The highest BCUT2D eigenvalue weighted by atomic mass is 16.4. The fourth-order valence-electron chi connectivity index (χ4n) is 4.92. The number of nitrogens with zero attached hydrogens (tertiary/aromatic N) is 1. The van der Waals surface area contributed by atoms with Gasteiger partial charge in [0.2, 0.25) is 5.91 Å². The summed E-state index contributed by atoms with van der Waals surface area (Å²) in [5.41, 5.74) is 4.05. The Morgan fingerprint density at radius 2 is 1.86 bits per heavy atom. The molecule has 2 aliphatic rings. The number of amides is 1. The number of aliphatic hydroxyl groups is 1. The van der Waals surface area contributed by atoms with E-state index in [-0.39, 0.29) is 18.9 Å². The Hall–Kier alpha value is -2.34. The number of aliphatic hydroxyl groups excluding tert-OH is 1. The first-order valence-corrected chi connectivity index (χ1v) is 10.5. The fourth-order valence-corrected chi connectivity index (χ4v) is 4.92. The summed E-state index contributed by atoms with van der Waals surface area (Å²) in [5, 5.41) is 21.6. The van der Waals surface area contributed by atoms with Crippen LogP contribution in [0.5, 0.6) is 0 Å². The molecule has 2 heterocycles. The first-order chi connectivity index (χ1) is 13.7. The van der Waals surface area contributed by atoms with Crippen LogP contribution in [0.15, 0.2) is 12.1 Å². The average Bonchev–Trinajstić information content (AvgIpc) is 3.42. The number of piperidine rings is 1. The minimum Gasteiger partial charge on any atom is -0.481 e. The topological polar surface area (TPSA) is 93.6 Å². The lowest BCUT2D eigenvalue weighted by molar-refractivity contribution is -0.167. The number of rotatable bonds is 5. The summed E-state index contributed by atoms with van der Waals surface area (Å²) in [4.78, 5) is 30.4. The van der Waals surface area contributed by atoms with Crippen molar-refractivity contribution in [2.24, 2.45) is 11.3 Å². The molecule has 1 aromatic heterocycles. The number of benzene rings is 1. The van der Waals surface area contributed by atoms with E-state index in [0.717, 1.165) is 46.1 Å². The molecule has 1 saturated carbocycles. The van der Waals surface area contributed by atoms with Gasteiger partial charge < -0.3 is 20.1 Å². The molecule has 29 heavy (non-hydrogen) atoms. The molecule has 6 heteroatoms. The molecule has 6 nitrogen and oxygen atoms in total. The number of aromatic nitrogens is 1. The van der Waals surface area contributed by atoms with E-state index in [1.165, 1.54) is 0 Å². The summed E-state index contributed by atoms with van der Waals surface area (Å²) in [6, 6.07) is 4.14. The van der Waals surface area contributed by atoms with Crippen molar-refractivity contribution in [2.75, 3.05) is 13.1 Å². The number of carboxylic acid groups (broad SMARTS) is 1. The van der Waals surface area contributed by atoms with Gasteiger partial charge in [0.25, 0.3) is 0 Å². The lowest BCUT2D eigenvalue weighted by atomic mass is 9.73. The predicted octanol–water partition coefficient (Wildman–Crippen LogP) is 3.10. The number of aromatic amines is 1. The molecule has 2 fully saturated rings. The maximum Gasteiger partial charge on any atom is 0.314 e. The number of nitrogens with one attached hydrogen (secondary N) is 1. The molecule has 0 bridgehead atoms. The van der Waals surface area contributed by atoms with Gasteiger partial charge in [-0.1, -0.05) is 25.0 Å². The van der Waals surface area contributed by atoms with E-state index in [0.29, 0.717) is 25.3 Å². The second-order valence-electron chi connectivity index (χ2n) is 9.08. The van der Waals surface area contributed by atoms with Gasteiger partial charge in [-0.15, -0.1) is 0 Å². The van der Waals surface area contributed by atoms with Gasteiger partial charge >= 0.3 is 5.97 Å². The second kappa shape index (κ2) is 7.17. The Bertz CT molecular complexity index is 975. The van der Waals surface area contributed by atoms with Crippen LogP contribution in [0.3, 0.4) is 0 Å². The molecule has 4 rings (SSSR count). The summed E-state index contributed by atoms with van der Waals surface area (Å²) in [6.45, 7) is 6.58. The van der Waals surface area contributed by atoms with Crippen molar-refractivity contribution in [3.63, 3.8) is 0 Å². The molecule has 0 radical (unpaired) electrons. The first kappa shape index (κ1) is 20.0. The van der Waals surface area contributed by atoms with Gasteiger partial charge in [-0.05, 0) is 56.2 Å². The van der Waals surface area contributed by atoms with Gasteiger partial charge in [-0.25, -0.2) is 0 Å². The number of aliphatic carboxylic acids is 1. The normalized spacial score (nSPS) is 24.8. The monoisotopic (exact) mass is 398 g/mol. The van der Waals surface area contributed by atoms with Gasteiger partial charge in [0.15, 0.2) is 0 Å². The first-order valence-electron chi connectivity index (χ1n) is 10.5. The zero-order valence-electron chi connectivity index (χ0n) is 17.4. The number of hydrogen-bond acceptors (Lipinski definition) is 3. The molecule has 2 aromatic rings. The van der Waals surface area contributed by atoms with Crippen LogP contribution in [-0.4, -0.2) is 51.2 Å². The third-order valence-electron chi connectivity index (χ3n) is 6.93. The standard InChI is InChI=1S/C23H30N2O4/c1-13-4-5-14(2)21-20(13)17(15(3)24-21)10-19(27)25-9-8-18(26)23(12-25,22(28)29)11-16-6-7-16/h4-5,16,18,24,26H,6-12H2,1-3H3,(H,28,29)/t18-,23-/m1/s1. The van der Waals surface area contributed by atoms with Gasteiger partial charge in [0.05, 0.1) is 12.5 Å². The third kappa shape index (κ3) is 3.44. The molecule has 1 aliphatic carbocycles. The Labute approximate surface area is 170 Å². The fraction of sp³-hybridized carbons (Fsp3) is 0.565. The van der Waals surface area contributed by atoms with Crippen molar-refractivity contribution in [2.45, 2.75) is 59.0 Å². The molecule has 1 amide bonds. The van der Waals surface area contributed by atoms with Gasteiger partial charge in [-0.3, -0.25) is 9.59 Å². The molecule has 1 aromatic carbocycles. The predicted molar refractivity (Wildman–Crippen MR) is 111 cm³/mol. The highest BCUT2D eigenvalue weighted by molar-refractivity contribution is 5.94. The van der Waals surface area contributed by atoms with E-state index in [1.807, 2.05) is 13.8 Å². The summed E-state index contributed by atoms with van der Waals surface area (Å²) >= 11 is 0. The molecule has 0 spiro atoms. The zero-order chi connectivity index (χ0) is 20.9. The number of carbonyl (C=O) groups is 2. The molecule has 2 atom stereocenters. The summed E-state index contributed by atoms with van der Waals surface area (Å²) in [5.74, 6) is -0.690. The molecular formula is C23H30N2O4. The van der Waals surface area contributed by atoms with Crippen LogP contribution in [0.25, 0.3) is 10.9 Å². The molecule has 0 unspecified atom stereocenters. The second-order valence-corrected chi connectivity index (χ2v) is 9.08. The van der Waals surface area contributed by atoms with Crippen LogP contribution in [-0.2, 0) is 16.0 Å². The Balaban J connectivity index is 1.60. The number of hydrogen-bond donors (Lipinski definition) is 3. The highest BCUT2D eigenvalue weighted by Crippen LogP contribution is 2.45. The minimum absolute atomic E-state index is 0.0665. The largest absolute Gasteiger partial charge is 0.481 e. The Kier molecular flexibility index (Phi) is 4.93. The lowest BCUT2D eigenvalue weighted by Crippen LogP contribution is -2.57. The van der Waals surface area contributed by atoms with Crippen molar-refractivity contribution in [1.29, 1.82) is 0 Å². The van der Waals surface area contributed by atoms with Crippen LogP contribution in [0.4, 0.5) is 0 Å². The maximum atomic E-state index is 13.2. The van der Waals surface area contributed by atoms with Crippen LogP contribution >= 0.6 is 0 Å². The van der Waals surface area contributed by atoms with E-state index in [9.17, 15) is 19.8 Å². The smallest absolute Gasteiger partial charge is 0.314 e. The van der Waals surface area contributed by atoms with E-state index in [4.69, 9.17) is 0 Å². The number of carbonyl (C=O) groups excluding carboxylic acids is 1. The van der Waals surface area contributed by atoms with Crippen molar-refractivity contribution < 1.29 is 19.8 Å². The quantitative estimate of drug-likeness (QED) is 0.721. The van der Waals surface area contributed by atoms with Gasteiger partial charge in [0, 0.05) is 29.7 Å². The van der Waals surface area contributed by atoms with Crippen LogP contribution < -0.4 is 0 Å². The van der Waals surface area contributed by atoms with E-state index in [2.05, 4.69) is 24.0 Å². The number of fused-ring (bicyclic) bond motifs is 1. The summed E-state index contributed by atoms with van der Waals surface area (Å²) < 4.78 is 0. The Morgan fingerprint density at radius 3 is 2.52 bits per heavy atom. The number of H-pyrrole nitrogens is 1. The van der Waals surface area contributed by atoms with Crippen molar-refractivity contribution in [3.05, 3.63) is 34.5 Å².